The molecule has 3 aromatic rings. The van der Waals surface area contributed by atoms with Crippen molar-refractivity contribution in [2.24, 2.45) is 0 Å². The fourth-order valence-corrected chi connectivity index (χ4v) is 3.54. The van der Waals surface area contributed by atoms with Crippen LogP contribution in [0, 0.1) is 12.7 Å². The summed E-state index contributed by atoms with van der Waals surface area (Å²) in [5, 5.41) is 3.80. The van der Waals surface area contributed by atoms with E-state index in [0.717, 1.165) is 5.56 Å². The van der Waals surface area contributed by atoms with Crippen molar-refractivity contribution in [2.75, 3.05) is 13.6 Å². The molecule has 0 atom stereocenters. The molecule has 0 aliphatic heterocycles. The average molecular weight is 375 g/mol. The molecule has 0 saturated carbocycles. The third-order valence-corrected chi connectivity index (χ3v) is 5.82. The van der Waals surface area contributed by atoms with Crippen LogP contribution in [0.1, 0.15) is 11.4 Å². The highest BCUT2D eigenvalue weighted by Gasteiger charge is 2.21. The number of nitrogens with zero attached hydrogens (tertiary/aromatic N) is 3. The fourth-order valence-electron chi connectivity index (χ4n) is 2.37. The van der Waals surface area contributed by atoms with E-state index in [1.54, 1.807) is 42.5 Å². The number of hydrogen-bond donors (Lipinski definition) is 0. The van der Waals surface area contributed by atoms with E-state index in [9.17, 15) is 12.8 Å². The Morgan fingerprint density at radius 3 is 2.50 bits per heavy atom. The first-order chi connectivity index (χ1) is 12.4. The first kappa shape index (κ1) is 18.2. The zero-order valence-corrected chi connectivity index (χ0v) is 15.2. The van der Waals surface area contributed by atoms with E-state index in [-0.39, 0.29) is 29.3 Å². The molecule has 1 aromatic heterocycles. The van der Waals surface area contributed by atoms with Crippen LogP contribution in [0.15, 0.2) is 57.9 Å². The van der Waals surface area contributed by atoms with Crippen LogP contribution < -0.4 is 0 Å². The van der Waals surface area contributed by atoms with Crippen LogP contribution in [-0.4, -0.2) is 36.5 Å². The van der Waals surface area contributed by atoms with Gasteiger partial charge in [-0.05, 0) is 31.2 Å². The van der Waals surface area contributed by atoms with Crippen LogP contribution in [0.3, 0.4) is 0 Å². The van der Waals surface area contributed by atoms with Crippen molar-refractivity contribution < 1.29 is 17.3 Å². The van der Waals surface area contributed by atoms with Crippen molar-refractivity contribution in [1.82, 2.24) is 14.4 Å². The van der Waals surface area contributed by atoms with Crippen molar-refractivity contribution in [3.63, 3.8) is 0 Å². The summed E-state index contributed by atoms with van der Waals surface area (Å²) in [6.45, 7) is 2.07. The molecular weight excluding hydrogens is 357 g/mol. The Morgan fingerprint density at radius 1 is 1.12 bits per heavy atom. The Morgan fingerprint density at radius 2 is 1.81 bits per heavy atom. The monoisotopic (exact) mass is 375 g/mol. The minimum absolute atomic E-state index is 0.0714. The van der Waals surface area contributed by atoms with Crippen LogP contribution in [0.5, 0.6) is 0 Å². The maximum absolute atomic E-state index is 13.8. The van der Waals surface area contributed by atoms with E-state index in [1.807, 2.05) is 6.92 Å². The highest BCUT2D eigenvalue weighted by atomic mass is 32.2. The van der Waals surface area contributed by atoms with Gasteiger partial charge in [-0.1, -0.05) is 35.0 Å². The molecule has 0 aliphatic carbocycles. The molecule has 1 heterocycles. The molecule has 0 saturated heterocycles. The minimum atomic E-state index is -3.59. The Bertz CT molecular complexity index is 1000. The van der Waals surface area contributed by atoms with Gasteiger partial charge < -0.3 is 4.52 Å². The SMILES string of the molecule is Cc1ccc(S(=O)(=O)N(C)CCc2noc(-c3ccccc3F)n2)cc1. The van der Waals surface area contributed by atoms with E-state index >= 15 is 0 Å². The summed E-state index contributed by atoms with van der Waals surface area (Å²) >= 11 is 0. The molecule has 136 valence electrons. The molecule has 0 N–H and O–H groups in total. The van der Waals surface area contributed by atoms with E-state index in [4.69, 9.17) is 4.52 Å². The molecule has 0 amide bonds. The number of sulfonamides is 1. The zero-order chi connectivity index (χ0) is 18.7. The van der Waals surface area contributed by atoms with Crippen LogP contribution >= 0.6 is 0 Å². The maximum atomic E-state index is 13.8. The lowest BCUT2D eigenvalue weighted by molar-refractivity contribution is 0.413. The highest BCUT2D eigenvalue weighted by Crippen LogP contribution is 2.21. The van der Waals surface area contributed by atoms with E-state index < -0.39 is 15.8 Å². The second-order valence-electron chi connectivity index (χ2n) is 5.89. The van der Waals surface area contributed by atoms with Gasteiger partial charge in [-0.15, -0.1) is 0 Å². The summed E-state index contributed by atoms with van der Waals surface area (Å²) in [4.78, 5) is 4.37. The second-order valence-corrected chi connectivity index (χ2v) is 7.93. The maximum Gasteiger partial charge on any atom is 0.260 e. The number of likely N-dealkylation sites (N-methyl/N-ethyl adjacent to an activating group) is 1. The van der Waals surface area contributed by atoms with Crippen LogP contribution in [0.4, 0.5) is 4.39 Å². The van der Waals surface area contributed by atoms with Gasteiger partial charge in [-0.2, -0.15) is 4.98 Å². The Hall–Kier alpha value is -2.58. The number of aromatic nitrogens is 2. The standard InChI is InChI=1S/C18H18FN3O3S/c1-13-7-9-14(10-8-13)26(23,24)22(2)12-11-17-20-18(25-21-17)15-5-3-4-6-16(15)19/h3-10H,11-12H2,1-2H3. The van der Waals surface area contributed by atoms with Gasteiger partial charge in [0.15, 0.2) is 5.82 Å². The van der Waals surface area contributed by atoms with Crippen molar-refractivity contribution in [2.45, 2.75) is 18.2 Å². The van der Waals surface area contributed by atoms with Crippen molar-refractivity contribution in [1.29, 1.82) is 0 Å². The molecule has 0 bridgehead atoms. The lowest BCUT2D eigenvalue weighted by Crippen LogP contribution is -2.29. The van der Waals surface area contributed by atoms with Gasteiger partial charge in [0.25, 0.3) is 5.89 Å². The van der Waals surface area contributed by atoms with Gasteiger partial charge in [-0.25, -0.2) is 17.1 Å². The largest absolute Gasteiger partial charge is 0.334 e. The van der Waals surface area contributed by atoms with Gasteiger partial charge in [0.1, 0.15) is 5.82 Å². The van der Waals surface area contributed by atoms with E-state index in [2.05, 4.69) is 10.1 Å². The smallest absolute Gasteiger partial charge is 0.260 e. The van der Waals surface area contributed by atoms with Gasteiger partial charge in [0, 0.05) is 20.0 Å². The van der Waals surface area contributed by atoms with Gasteiger partial charge >= 0.3 is 0 Å². The summed E-state index contributed by atoms with van der Waals surface area (Å²) < 4.78 is 45.2. The minimum Gasteiger partial charge on any atom is -0.334 e. The van der Waals surface area contributed by atoms with Crippen LogP contribution in [-0.2, 0) is 16.4 Å². The summed E-state index contributed by atoms with van der Waals surface area (Å²) in [7, 11) is -2.10. The molecule has 0 fully saturated rings. The Kier molecular flexibility index (Phi) is 5.15. The zero-order valence-electron chi connectivity index (χ0n) is 14.4. The molecule has 0 radical (unpaired) electrons. The fraction of sp³-hybridized carbons (Fsp3) is 0.222. The summed E-state index contributed by atoms with van der Waals surface area (Å²) in [6, 6.07) is 12.7. The molecule has 26 heavy (non-hydrogen) atoms. The van der Waals surface area contributed by atoms with Gasteiger partial charge in [0.05, 0.1) is 10.5 Å². The summed E-state index contributed by atoms with van der Waals surface area (Å²) in [5.74, 6) is -0.0712. The predicted molar refractivity (Wildman–Crippen MR) is 94.4 cm³/mol. The second kappa shape index (κ2) is 7.35. The first-order valence-electron chi connectivity index (χ1n) is 7.98. The molecular formula is C18H18FN3O3S. The van der Waals surface area contributed by atoms with Crippen molar-refractivity contribution in [3.05, 3.63) is 65.7 Å². The van der Waals surface area contributed by atoms with Crippen LogP contribution in [0.2, 0.25) is 0 Å². The third-order valence-electron chi connectivity index (χ3n) is 3.95. The third kappa shape index (κ3) is 3.81. The van der Waals surface area contributed by atoms with E-state index in [1.165, 1.54) is 17.4 Å². The number of halogens is 1. The van der Waals surface area contributed by atoms with Crippen LogP contribution in [0.25, 0.3) is 11.5 Å². The molecule has 6 nitrogen and oxygen atoms in total. The molecule has 0 spiro atoms. The number of aryl methyl sites for hydroxylation is 1. The molecule has 3 rings (SSSR count). The average Bonchev–Trinajstić information content (AvgIpc) is 3.09. The quantitative estimate of drug-likeness (QED) is 0.662. The Labute approximate surface area is 151 Å². The lowest BCUT2D eigenvalue weighted by Gasteiger charge is -2.16. The van der Waals surface area contributed by atoms with Gasteiger partial charge in [0.2, 0.25) is 10.0 Å². The number of hydrogen-bond acceptors (Lipinski definition) is 5. The summed E-state index contributed by atoms with van der Waals surface area (Å²) in [6.07, 6.45) is 0.250. The topological polar surface area (TPSA) is 76.3 Å². The van der Waals surface area contributed by atoms with Crippen molar-refractivity contribution in [3.8, 4) is 11.5 Å². The van der Waals surface area contributed by atoms with Crippen molar-refractivity contribution >= 4 is 10.0 Å². The van der Waals surface area contributed by atoms with Gasteiger partial charge in [-0.3, -0.25) is 0 Å². The first-order valence-corrected chi connectivity index (χ1v) is 9.42. The molecule has 2 aromatic carbocycles. The summed E-state index contributed by atoms with van der Waals surface area (Å²) in [5.41, 5.74) is 1.20. The van der Waals surface area contributed by atoms with E-state index in [0.29, 0.717) is 5.82 Å². The predicted octanol–water partition coefficient (Wildman–Crippen LogP) is 3.05. The lowest BCUT2D eigenvalue weighted by atomic mass is 10.2. The Balaban J connectivity index is 1.69. The molecule has 0 unspecified atom stereocenters. The normalized spacial score (nSPS) is 11.8. The highest BCUT2D eigenvalue weighted by molar-refractivity contribution is 7.89. The number of benzene rings is 2. The molecule has 8 heteroatoms. The molecule has 0 aliphatic rings. The number of rotatable bonds is 6.